The summed E-state index contributed by atoms with van der Waals surface area (Å²) in [4.78, 5) is 43.0. The minimum atomic E-state index is -0.615. The minimum Gasteiger partial charge on any atom is -0.321 e. The molecular formula is C28H23FN4O3S2. The second kappa shape index (κ2) is 12.8. The zero-order valence-corrected chi connectivity index (χ0v) is 21.9. The summed E-state index contributed by atoms with van der Waals surface area (Å²) in [7, 11) is 0. The van der Waals surface area contributed by atoms with Gasteiger partial charge in [0.1, 0.15) is 11.5 Å². The van der Waals surface area contributed by atoms with Crippen LogP contribution in [0.2, 0.25) is 0 Å². The van der Waals surface area contributed by atoms with Crippen molar-refractivity contribution >= 4 is 57.7 Å². The van der Waals surface area contributed by atoms with E-state index in [0.29, 0.717) is 16.4 Å². The number of aromatic nitrogens is 1. The van der Waals surface area contributed by atoms with Crippen molar-refractivity contribution in [2.24, 2.45) is 0 Å². The van der Waals surface area contributed by atoms with Gasteiger partial charge in [0.15, 0.2) is 5.13 Å². The molecule has 192 valence electrons. The molecule has 0 saturated heterocycles. The third-order valence-corrected chi connectivity index (χ3v) is 6.97. The first-order chi connectivity index (χ1) is 18.4. The van der Waals surface area contributed by atoms with Gasteiger partial charge in [-0.05, 0) is 55.5 Å². The number of hydrogen-bond acceptors (Lipinski definition) is 6. The summed E-state index contributed by atoms with van der Waals surface area (Å²) in [6, 6.07) is 21.3. The number of thioether (sulfide) groups is 1. The predicted octanol–water partition coefficient (Wildman–Crippen LogP) is 5.73. The smallest absolute Gasteiger partial charge is 0.272 e. The number of halogens is 1. The quantitative estimate of drug-likeness (QED) is 0.184. The van der Waals surface area contributed by atoms with Crippen LogP contribution in [0.4, 0.5) is 15.2 Å². The van der Waals surface area contributed by atoms with Gasteiger partial charge in [-0.25, -0.2) is 9.37 Å². The molecule has 0 aliphatic carbocycles. The molecule has 0 bridgehead atoms. The van der Waals surface area contributed by atoms with Crippen molar-refractivity contribution in [1.82, 2.24) is 10.3 Å². The van der Waals surface area contributed by atoms with E-state index in [9.17, 15) is 18.8 Å². The van der Waals surface area contributed by atoms with E-state index < -0.39 is 17.6 Å². The molecule has 4 rings (SSSR count). The fourth-order valence-corrected chi connectivity index (χ4v) is 4.64. The SMILES string of the molecule is Cc1csc(NC(=O)CSc2ccc(NC(=O)/C(=C/c3ccccc3F)NC(=O)c3ccccc3)cc2)n1. The van der Waals surface area contributed by atoms with Gasteiger partial charge in [0.05, 0.1) is 11.4 Å². The number of nitrogens with zero attached hydrogens (tertiary/aromatic N) is 1. The Morgan fingerprint density at radius 2 is 1.66 bits per heavy atom. The van der Waals surface area contributed by atoms with Crippen LogP contribution in [-0.4, -0.2) is 28.5 Å². The van der Waals surface area contributed by atoms with Crippen LogP contribution in [0.15, 0.2) is 94.8 Å². The molecule has 0 aliphatic rings. The average molecular weight is 547 g/mol. The molecular weight excluding hydrogens is 523 g/mol. The lowest BCUT2D eigenvalue weighted by atomic mass is 10.1. The van der Waals surface area contributed by atoms with Gasteiger partial charge in [-0.3, -0.25) is 14.4 Å². The number of nitrogens with one attached hydrogen (secondary N) is 3. The van der Waals surface area contributed by atoms with E-state index in [1.807, 2.05) is 12.3 Å². The Morgan fingerprint density at radius 3 is 2.34 bits per heavy atom. The highest BCUT2D eigenvalue weighted by molar-refractivity contribution is 8.00. The van der Waals surface area contributed by atoms with E-state index in [0.717, 1.165) is 10.6 Å². The molecule has 1 heterocycles. The highest BCUT2D eigenvalue weighted by Crippen LogP contribution is 2.22. The number of rotatable bonds is 9. The number of anilines is 2. The van der Waals surface area contributed by atoms with Crippen LogP contribution >= 0.6 is 23.1 Å². The van der Waals surface area contributed by atoms with Gasteiger partial charge in [0.25, 0.3) is 11.8 Å². The Morgan fingerprint density at radius 1 is 0.947 bits per heavy atom. The number of thiazole rings is 1. The van der Waals surface area contributed by atoms with Gasteiger partial charge in [0.2, 0.25) is 5.91 Å². The van der Waals surface area contributed by atoms with Crippen molar-refractivity contribution in [3.05, 3.63) is 113 Å². The molecule has 0 saturated carbocycles. The molecule has 3 N–H and O–H groups in total. The number of amides is 3. The van der Waals surface area contributed by atoms with Gasteiger partial charge in [-0.2, -0.15) is 0 Å². The standard InChI is InChI=1S/C28H23FN4O3S2/c1-18-16-38-28(30-18)33-25(34)17-37-22-13-11-21(12-14-22)31-27(36)24(15-20-9-5-6-10-23(20)29)32-26(35)19-7-3-2-4-8-19/h2-16H,17H2,1H3,(H,31,36)(H,32,35)(H,30,33,34)/b24-15-. The molecule has 4 aromatic rings. The Balaban J connectivity index is 1.41. The van der Waals surface area contributed by atoms with Crippen molar-refractivity contribution < 1.29 is 18.8 Å². The molecule has 38 heavy (non-hydrogen) atoms. The number of carbonyl (C=O) groups excluding carboxylic acids is 3. The van der Waals surface area contributed by atoms with Gasteiger partial charge in [-0.1, -0.05) is 36.4 Å². The monoisotopic (exact) mass is 546 g/mol. The molecule has 0 radical (unpaired) electrons. The van der Waals surface area contributed by atoms with E-state index in [1.54, 1.807) is 60.7 Å². The fraction of sp³-hybridized carbons (Fsp3) is 0.0714. The normalized spacial score (nSPS) is 11.1. The Labute approximate surface area is 227 Å². The van der Waals surface area contributed by atoms with Crippen LogP contribution in [0, 0.1) is 12.7 Å². The first-order valence-electron chi connectivity index (χ1n) is 11.5. The van der Waals surface area contributed by atoms with Gasteiger partial charge >= 0.3 is 0 Å². The van der Waals surface area contributed by atoms with Crippen molar-refractivity contribution in [2.45, 2.75) is 11.8 Å². The highest BCUT2D eigenvalue weighted by atomic mass is 32.2. The number of hydrogen-bond donors (Lipinski definition) is 3. The molecule has 0 spiro atoms. The van der Waals surface area contributed by atoms with Crippen molar-refractivity contribution in [3.63, 3.8) is 0 Å². The molecule has 3 aromatic carbocycles. The van der Waals surface area contributed by atoms with Crippen molar-refractivity contribution in [3.8, 4) is 0 Å². The maximum Gasteiger partial charge on any atom is 0.272 e. The van der Waals surface area contributed by atoms with E-state index in [2.05, 4.69) is 20.9 Å². The van der Waals surface area contributed by atoms with E-state index >= 15 is 0 Å². The Bertz CT molecular complexity index is 1470. The summed E-state index contributed by atoms with van der Waals surface area (Å²) < 4.78 is 14.3. The van der Waals surface area contributed by atoms with Crippen LogP contribution in [0.3, 0.4) is 0 Å². The lowest BCUT2D eigenvalue weighted by Gasteiger charge is -2.12. The fourth-order valence-electron chi connectivity index (χ4n) is 3.24. The van der Waals surface area contributed by atoms with Crippen molar-refractivity contribution in [1.29, 1.82) is 0 Å². The molecule has 7 nitrogen and oxygen atoms in total. The van der Waals surface area contributed by atoms with Crippen molar-refractivity contribution in [2.75, 3.05) is 16.4 Å². The number of aryl methyl sites for hydroxylation is 1. The lowest BCUT2D eigenvalue weighted by Crippen LogP contribution is -2.30. The van der Waals surface area contributed by atoms with Gasteiger partial charge in [0, 0.05) is 27.1 Å². The van der Waals surface area contributed by atoms with E-state index in [1.165, 1.54) is 47.4 Å². The predicted molar refractivity (Wildman–Crippen MR) is 150 cm³/mol. The van der Waals surface area contributed by atoms with E-state index in [-0.39, 0.29) is 22.9 Å². The van der Waals surface area contributed by atoms with Crippen LogP contribution in [0.1, 0.15) is 21.6 Å². The Hall–Kier alpha value is -4.28. The van der Waals surface area contributed by atoms with E-state index in [4.69, 9.17) is 0 Å². The summed E-state index contributed by atoms with van der Waals surface area (Å²) in [6.45, 7) is 1.86. The van der Waals surface area contributed by atoms with Gasteiger partial charge < -0.3 is 16.0 Å². The van der Waals surface area contributed by atoms with Crippen LogP contribution < -0.4 is 16.0 Å². The molecule has 0 atom stereocenters. The zero-order valence-electron chi connectivity index (χ0n) is 20.2. The molecule has 0 unspecified atom stereocenters. The first-order valence-corrected chi connectivity index (χ1v) is 13.3. The zero-order chi connectivity index (χ0) is 26.9. The Kier molecular flexibility index (Phi) is 9.02. The summed E-state index contributed by atoms with van der Waals surface area (Å²) in [6.07, 6.45) is 1.29. The summed E-state index contributed by atoms with van der Waals surface area (Å²) in [5.41, 5.74) is 1.72. The van der Waals surface area contributed by atoms with Crippen LogP contribution in [-0.2, 0) is 9.59 Å². The lowest BCUT2D eigenvalue weighted by molar-refractivity contribution is -0.114. The molecule has 0 aliphatic heterocycles. The largest absolute Gasteiger partial charge is 0.321 e. The maximum atomic E-state index is 14.3. The van der Waals surface area contributed by atoms with Crippen LogP contribution in [0.5, 0.6) is 0 Å². The highest BCUT2D eigenvalue weighted by Gasteiger charge is 2.16. The molecule has 10 heteroatoms. The number of carbonyl (C=O) groups is 3. The first kappa shape index (κ1) is 26.8. The molecule has 3 amide bonds. The summed E-state index contributed by atoms with van der Waals surface area (Å²) in [5.74, 6) is -1.61. The summed E-state index contributed by atoms with van der Waals surface area (Å²) in [5, 5.41) is 10.5. The third-order valence-electron chi connectivity index (χ3n) is 5.08. The molecule has 1 aromatic heterocycles. The maximum absolute atomic E-state index is 14.3. The number of benzene rings is 3. The minimum absolute atomic E-state index is 0.114. The molecule has 0 fully saturated rings. The second-order valence-corrected chi connectivity index (χ2v) is 9.92. The van der Waals surface area contributed by atoms with Gasteiger partial charge in [-0.15, -0.1) is 23.1 Å². The average Bonchev–Trinajstić information content (AvgIpc) is 3.33. The van der Waals surface area contributed by atoms with Crippen LogP contribution in [0.25, 0.3) is 6.08 Å². The second-order valence-electron chi connectivity index (χ2n) is 8.01. The third kappa shape index (κ3) is 7.61. The topological polar surface area (TPSA) is 100 Å². The summed E-state index contributed by atoms with van der Waals surface area (Å²) >= 11 is 2.71.